The van der Waals surface area contributed by atoms with Gasteiger partial charge in [-0.15, -0.1) is 11.3 Å². The van der Waals surface area contributed by atoms with Crippen molar-refractivity contribution in [3.8, 4) is 11.8 Å². The predicted octanol–water partition coefficient (Wildman–Crippen LogP) is 0.00220. The molecule has 0 unspecified atom stereocenters. The Balaban J connectivity index is 2.56. The molecule has 1 aromatic rings. The van der Waals surface area contributed by atoms with Gasteiger partial charge in [-0.3, -0.25) is 0 Å². The van der Waals surface area contributed by atoms with Crippen LogP contribution in [0.1, 0.15) is 16.7 Å². The van der Waals surface area contributed by atoms with Gasteiger partial charge in [0, 0.05) is 18.0 Å². The van der Waals surface area contributed by atoms with E-state index >= 15 is 0 Å². The van der Waals surface area contributed by atoms with Crippen LogP contribution in [0.4, 0.5) is 0 Å². The van der Waals surface area contributed by atoms with E-state index < -0.39 is 10.2 Å². The van der Waals surface area contributed by atoms with E-state index in [1.54, 1.807) is 6.92 Å². The molecule has 4 N–H and O–H groups in total. The van der Waals surface area contributed by atoms with Crippen molar-refractivity contribution in [2.24, 2.45) is 5.73 Å². The summed E-state index contributed by atoms with van der Waals surface area (Å²) in [6, 6.07) is 3.70. The van der Waals surface area contributed by atoms with Crippen LogP contribution < -0.4 is 15.2 Å². The van der Waals surface area contributed by atoms with E-state index in [0.29, 0.717) is 13.1 Å². The highest BCUT2D eigenvalue weighted by atomic mass is 32.2. The summed E-state index contributed by atoms with van der Waals surface area (Å²) in [7, 11) is -3.39. The largest absolute Gasteiger partial charge is 0.320 e. The Kier molecular flexibility index (Phi) is 5.61. The molecule has 0 saturated heterocycles. The van der Waals surface area contributed by atoms with Crippen LogP contribution in [-0.4, -0.2) is 21.5 Å². The summed E-state index contributed by atoms with van der Waals surface area (Å²) in [5.41, 5.74) is 5.26. The van der Waals surface area contributed by atoms with Gasteiger partial charge in [-0.25, -0.2) is 4.72 Å². The first-order chi connectivity index (χ1) is 8.07. The van der Waals surface area contributed by atoms with E-state index in [0.717, 1.165) is 9.75 Å². The molecule has 0 atom stereocenters. The monoisotopic (exact) mass is 273 g/mol. The predicted molar refractivity (Wildman–Crippen MR) is 69.7 cm³/mol. The van der Waals surface area contributed by atoms with Gasteiger partial charge in [-0.05, 0) is 12.1 Å². The van der Waals surface area contributed by atoms with E-state index in [-0.39, 0.29) is 6.54 Å². The minimum absolute atomic E-state index is 0.268. The Morgan fingerprint density at radius 1 is 1.41 bits per heavy atom. The lowest BCUT2D eigenvalue weighted by Crippen LogP contribution is -2.35. The zero-order valence-corrected chi connectivity index (χ0v) is 11.1. The maximum atomic E-state index is 11.3. The lowest BCUT2D eigenvalue weighted by Gasteiger charge is -2.04. The quantitative estimate of drug-likeness (QED) is 0.660. The van der Waals surface area contributed by atoms with Gasteiger partial charge in [-0.2, -0.15) is 13.1 Å². The average molecular weight is 273 g/mol. The average Bonchev–Trinajstić information content (AvgIpc) is 2.72. The van der Waals surface area contributed by atoms with Crippen LogP contribution in [0.25, 0.3) is 0 Å². The lowest BCUT2D eigenvalue weighted by atomic mass is 10.4. The highest BCUT2D eigenvalue weighted by molar-refractivity contribution is 7.87. The van der Waals surface area contributed by atoms with Crippen molar-refractivity contribution >= 4 is 21.5 Å². The second kappa shape index (κ2) is 6.74. The summed E-state index contributed by atoms with van der Waals surface area (Å²) in [5.74, 6) is 5.65. The Hall–Kier alpha value is -0.910. The zero-order valence-electron chi connectivity index (χ0n) is 9.49. The molecule has 5 nitrogen and oxygen atoms in total. The first kappa shape index (κ1) is 14.2. The molecule has 0 amide bonds. The van der Waals surface area contributed by atoms with Crippen molar-refractivity contribution < 1.29 is 8.42 Å². The molecule has 1 rings (SSSR count). The Bertz CT molecular complexity index is 511. The van der Waals surface area contributed by atoms with Crippen molar-refractivity contribution in [1.29, 1.82) is 0 Å². The maximum absolute atomic E-state index is 11.3. The summed E-state index contributed by atoms with van der Waals surface area (Å²) < 4.78 is 27.4. The van der Waals surface area contributed by atoms with Crippen molar-refractivity contribution in [1.82, 2.24) is 9.44 Å². The minimum atomic E-state index is -3.39. The van der Waals surface area contributed by atoms with E-state index in [4.69, 9.17) is 5.73 Å². The summed E-state index contributed by atoms with van der Waals surface area (Å²) in [6.45, 7) is 2.68. The summed E-state index contributed by atoms with van der Waals surface area (Å²) in [5, 5.41) is 0. The smallest absolute Gasteiger partial charge is 0.277 e. The van der Waals surface area contributed by atoms with Gasteiger partial charge in [0.05, 0.1) is 11.4 Å². The highest BCUT2D eigenvalue weighted by Crippen LogP contribution is 2.15. The number of thiophene rings is 1. The van der Waals surface area contributed by atoms with Crippen molar-refractivity contribution in [3.63, 3.8) is 0 Å². The van der Waals surface area contributed by atoms with Gasteiger partial charge in [0.2, 0.25) is 0 Å². The highest BCUT2D eigenvalue weighted by Gasteiger charge is 2.07. The van der Waals surface area contributed by atoms with Gasteiger partial charge in [0.25, 0.3) is 10.2 Å². The number of rotatable bonds is 5. The summed E-state index contributed by atoms with van der Waals surface area (Å²) in [4.78, 5) is 1.79. The first-order valence-corrected chi connectivity index (χ1v) is 7.39. The molecule has 1 heterocycles. The van der Waals surface area contributed by atoms with Crippen LogP contribution in [0.15, 0.2) is 12.1 Å². The fourth-order valence-electron chi connectivity index (χ4n) is 1.09. The molecule has 0 aliphatic rings. The molecular weight excluding hydrogens is 258 g/mol. The molecule has 0 fully saturated rings. The third-order valence-electron chi connectivity index (χ3n) is 1.75. The van der Waals surface area contributed by atoms with E-state index in [1.807, 2.05) is 12.1 Å². The second-order valence-electron chi connectivity index (χ2n) is 3.09. The normalized spacial score (nSPS) is 10.9. The van der Waals surface area contributed by atoms with Crippen LogP contribution in [0.3, 0.4) is 0 Å². The molecule has 0 bridgehead atoms. The van der Waals surface area contributed by atoms with Crippen LogP contribution >= 0.6 is 11.3 Å². The van der Waals surface area contributed by atoms with Crippen LogP contribution in [0.2, 0.25) is 0 Å². The Morgan fingerprint density at radius 2 is 2.18 bits per heavy atom. The fraction of sp³-hybridized carbons (Fsp3) is 0.400. The van der Waals surface area contributed by atoms with E-state index in [1.165, 1.54) is 11.3 Å². The second-order valence-corrected chi connectivity index (χ2v) is 5.85. The van der Waals surface area contributed by atoms with Gasteiger partial charge < -0.3 is 5.73 Å². The SMILES string of the molecule is CCNS(=O)(=O)NCc1ccc(C#CCN)s1. The molecule has 0 spiro atoms. The van der Waals surface area contributed by atoms with Crippen molar-refractivity contribution in [2.75, 3.05) is 13.1 Å². The van der Waals surface area contributed by atoms with Crippen LogP contribution in [0.5, 0.6) is 0 Å². The maximum Gasteiger partial charge on any atom is 0.277 e. The third kappa shape index (κ3) is 5.30. The minimum Gasteiger partial charge on any atom is -0.320 e. The number of nitrogens with one attached hydrogen (secondary N) is 2. The van der Waals surface area contributed by atoms with Gasteiger partial charge in [0.15, 0.2) is 0 Å². The van der Waals surface area contributed by atoms with Crippen molar-refractivity contribution in [3.05, 3.63) is 21.9 Å². The lowest BCUT2D eigenvalue weighted by molar-refractivity contribution is 0.569. The van der Waals surface area contributed by atoms with Crippen LogP contribution in [-0.2, 0) is 16.8 Å². The molecule has 7 heteroatoms. The Morgan fingerprint density at radius 3 is 2.82 bits per heavy atom. The standard InChI is InChI=1S/C10H15N3O2S2/c1-2-12-17(14,15)13-8-10-6-5-9(16-10)4-3-7-11/h5-6,12-13H,2,7-8,11H2,1H3. The molecule has 1 aromatic heterocycles. The molecule has 0 saturated carbocycles. The van der Waals surface area contributed by atoms with Gasteiger partial charge in [0.1, 0.15) is 0 Å². The molecule has 0 aliphatic heterocycles. The first-order valence-electron chi connectivity index (χ1n) is 5.09. The Labute approximate surface area is 106 Å². The molecule has 0 aromatic carbocycles. The molecule has 17 heavy (non-hydrogen) atoms. The van der Waals surface area contributed by atoms with Gasteiger partial charge >= 0.3 is 0 Å². The van der Waals surface area contributed by atoms with Crippen molar-refractivity contribution in [2.45, 2.75) is 13.5 Å². The fourth-order valence-corrected chi connectivity index (χ4v) is 2.83. The molecule has 0 radical (unpaired) electrons. The topological polar surface area (TPSA) is 84.2 Å². The van der Waals surface area contributed by atoms with Gasteiger partial charge in [-0.1, -0.05) is 18.8 Å². The summed E-state index contributed by atoms with van der Waals surface area (Å²) >= 11 is 1.45. The van der Waals surface area contributed by atoms with E-state index in [2.05, 4.69) is 21.3 Å². The third-order valence-corrected chi connectivity index (χ3v) is 3.94. The zero-order chi connectivity index (χ0) is 12.7. The number of hydrogen-bond donors (Lipinski definition) is 3. The number of nitrogens with two attached hydrogens (primary N) is 1. The summed E-state index contributed by atoms with van der Waals surface area (Å²) in [6.07, 6.45) is 0. The van der Waals surface area contributed by atoms with E-state index in [9.17, 15) is 8.42 Å². The van der Waals surface area contributed by atoms with Crippen LogP contribution in [0, 0.1) is 11.8 Å². The molecular formula is C10H15N3O2S2. The molecule has 0 aliphatic carbocycles. The molecule has 94 valence electrons. The number of hydrogen-bond acceptors (Lipinski definition) is 4.